The van der Waals surface area contributed by atoms with E-state index in [0.717, 1.165) is 0 Å². The van der Waals surface area contributed by atoms with E-state index in [2.05, 4.69) is 4.83 Å². The van der Waals surface area contributed by atoms with Crippen LogP contribution in [0.15, 0.2) is 89.8 Å². The molecule has 0 saturated carbocycles. The Morgan fingerprint density at radius 3 is 1.82 bits per heavy atom. The van der Waals surface area contributed by atoms with E-state index in [1.165, 1.54) is 29.3 Å². The normalized spacial score (nSPS) is 11.0. The van der Waals surface area contributed by atoms with Crippen LogP contribution in [0.1, 0.15) is 17.3 Å². The van der Waals surface area contributed by atoms with Gasteiger partial charge in [0, 0.05) is 0 Å². The first-order chi connectivity index (χ1) is 13.5. The summed E-state index contributed by atoms with van der Waals surface area (Å²) in [5, 5.41) is 1.49. The number of hydrogen-bond acceptors (Lipinski definition) is 5. The lowest BCUT2D eigenvalue weighted by Crippen LogP contribution is -2.38. The van der Waals surface area contributed by atoms with Crippen LogP contribution in [0.3, 0.4) is 0 Å². The van der Waals surface area contributed by atoms with Crippen LogP contribution in [-0.4, -0.2) is 21.0 Å². The van der Waals surface area contributed by atoms with E-state index >= 15 is 0 Å². The Kier molecular flexibility index (Phi) is 6.08. The lowest BCUT2D eigenvalue weighted by molar-refractivity contribution is 0.0526. The lowest BCUT2D eigenvalue weighted by Gasteiger charge is -2.25. The molecule has 0 aliphatic heterocycles. The van der Waals surface area contributed by atoms with Gasteiger partial charge in [0.25, 0.3) is 10.0 Å². The minimum atomic E-state index is -3.89. The van der Waals surface area contributed by atoms with Crippen LogP contribution in [0, 0.1) is 0 Å². The summed E-state index contributed by atoms with van der Waals surface area (Å²) >= 11 is 0. The molecular formula is C21H20N2O4S. The van der Waals surface area contributed by atoms with Gasteiger partial charge in [0.15, 0.2) is 0 Å². The fraction of sp³-hybridized carbons (Fsp3) is 0.0952. The molecular weight excluding hydrogens is 376 g/mol. The van der Waals surface area contributed by atoms with Gasteiger partial charge in [-0.15, -0.1) is 4.83 Å². The molecule has 0 heterocycles. The molecule has 0 fully saturated rings. The predicted octanol–water partition coefficient (Wildman–Crippen LogP) is 3.89. The predicted molar refractivity (Wildman–Crippen MR) is 108 cm³/mol. The average Bonchev–Trinajstić information content (AvgIpc) is 2.73. The topological polar surface area (TPSA) is 75.7 Å². The molecule has 0 radical (unpaired) electrons. The second kappa shape index (κ2) is 8.69. The van der Waals surface area contributed by atoms with Crippen LogP contribution in [0.2, 0.25) is 0 Å². The summed E-state index contributed by atoms with van der Waals surface area (Å²) in [5.74, 6) is -0.491. The Morgan fingerprint density at radius 2 is 1.36 bits per heavy atom. The SMILES string of the molecule is CCOC(=O)c1ccc(S(=O)(=O)NN(c2ccccc2)c2ccccc2)cc1. The van der Waals surface area contributed by atoms with Crippen molar-refractivity contribution in [1.82, 2.24) is 4.83 Å². The van der Waals surface area contributed by atoms with Crippen molar-refractivity contribution in [3.05, 3.63) is 90.5 Å². The summed E-state index contributed by atoms with van der Waals surface area (Å²) < 4.78 is 30.8. The standard InChI is InChI=1S/C21H20N2O4S/c1-2-27-21(24)17-13-15-20(16-14-17)28(25,26)22-23(18-9-5-3-6-10-18)19-11-7-4-8-12-19/h3-16,22H,2H2,1H3. The number of hydrazine groups is 1. The molecule has 0 saturated heterocycles. The second-order valence-corrected chi connectivity index (χ2v) is 7.51. The lowest BCUT2D eigenvalue weighted by atomic mass is 10.2. The van der Waals surface area contributed by atoms with Crippen molar-refractivity contribution in [3.8, 4) is 0 Å². The molecule has 144 valence electrons. The summed E-state index contributed by atoms with van der Waals surface area (Å²) in [6.45, 7) is 1.96. The van der Waals surface area contributed by atoms with E-state index in [1.54, 1.807) is 31.2 Å². The number of esters is 1. The minimum absolute atomic E-state index is 0.0393. The van der Waals surface area contributed by atoms with Crippen molar-refractivity contribution in [2.24, 2.45) is 0 Å². The highest BCUT2D eigenvalue weighted by Gasteiger charge is 2.20. The van der Waals surface area contributed by atoms with Gasteiger partial charge in [-0.05, 0) is 55.5 Å². The first-order valence-electron chi connectivity index (χ1n) is 8.71. The number of nitrogens with zero attached hydrogens (tertiary/aromatic N) is 1. The molecule has 0 bridgehead atoms. The van der Waals surface area contributed by atoms with E-state index in [0.29, 0.717) is 16.9 Å². The number of para-hydroxylation sites is 2. The molecule has 3 rings (SSSR count). The van der Waals surface area contributed by atoms with Crippen molar-refractivity contribution in [2.75, 3.05) is 11.6 Å². The van der Waals surface area contributed by atoms with Crippen LogP contribution in [0.5, 0.6) is 0 Å². The number of nitrogens with one attached hydrogen (secondary N) is 1. The van der Waals surface area contributed by atoms with E-state index in [4.69, 9.17) is 4.74 Å². The largest absolute Gasteiger partial charge is 0.462 e. The molecule has 0 spiro atoms. The third-order valence-electron chi connectivity index (χ3n) is 3.92. The molecule has 7 heteroatoms. The molecule has 0 amide bonds. The smallest absolute Gasteiger partial charge is 0.338 e. The molecule has 0 atom stereocenters. The average molecular weight is 396 g/mol. The maximum absolute atomic E-state index is 12.9. The number of anilines is 2. The number of hydrogen-bond donors (Lipinski definition) is 1. The number of ether oxygens (including phenoxy) is 1. The molecule has 0 unspecified atom stereocenters. The van der Waals surface area contributed by atoms with Gasteiger partial charge in [0.05, 0.1) is 28.4 Å². The monoisotopic (exact) mass is 396 g/mol. The van der Waals surface area contributed by atoms with Crippen molar-refractivity contribution < 1.29 is 17.9 Å². The highest BCUT2D eigenvalue weighted by molar-refractivity contribution is 7.89. The van der Waals surface area contributed by atoms with E-state index < -0.39 is 16.0 Å². The van der Waals surface area contributed by atoms with Gasteiger partial charge in [-0.1, -0.05) is 36.4 Å². The summed E-state index contributed by atoms with van der Waals surface area (Å²) in [4.78, 5) is 14.4. The van der Waals surface area contributed by atoms with Crippen LogP contribution < -0.4 is 9.84 Å². The third-order valence-corrected chi connectivity index (χ3v) is 5.23. The fourth-order valence-corrected chi connectivity index (χ4v) is 3.62. The van der Waals surface area contributed by atoms with Crippen molar-refractivity contribution in [2.45, 2.75) is 11.8 Å². The van der Waals surface area contributed by atoms with Gasteiger partial charge >= 0.3 is 5.97 Å². The maximum atomic E-state index is 12.9. The summed E-state index contributed by atoms with van der Waals surface area (Å²) in [7, 11) is -3.89. The number of rotatable bonds is 7. The van der Waals surface area contributed by atoms with Crippen molar-refractivity contribution >= 4 is 27.4 Å². The van der Waals surface area contributed by atoms with E-state index in [9.17, 15) is 13.2 Å². The van der Waals surface area contributed by atoms with Crippen LogP contribution >= 0.6 is 0 Å². The quantitative estimate of drug-likeness (QED) is 0.484. The van der Waals surface area contributed by atoms with E-state index in [-0.39, 0.29) is 11.5 Å². The Bertz CT molecular complexity index is 982. The van der Waals surface area contributed by atoms with Crippen LogP contribution in [0.25, 0.3) is 0 Å². The number of carbonyl (C=O) groups excluding carboxylic acids is 1. The Hall–Kier alpha value is -3.16. The number of sulfonamides is 1. The zero-order valence-corrected chi connectivity index (χ0v) is 16.1. The van der Waals surface area contributed by atoms with Gasteiger partial charge in [0.2, 0.25) is 0 Å². The number of benzene rings is 3. The van der Waals surface area contributed by atoms with Crippen molar-refractivity contribution in [3.63, 3.8) is 0 Å². The van der Waals surface area contributed by atoms with Crippen molar-refractivity contribution in [1.29, 1.82) is 0 Å². The van der Waals surface area contributed by atoms with Gasteiger partial charge in [-0.3, -0.25) is 5.01 Å². The molecule has 3 aromatic carbocycles. The maximum Gasteiger partial charge on any atom is 0.338 e. The van der Waals surface area contributed by atoms with Gasteiger partial charge < -0.3 is 4.74 Å². The molecule has 3 aromatic rings. The molecule has 0 aliphatic rings. The highest BCUT2D eigenvalue weighted by Crippen LogP contribution is 2.24. The van der Waals surface area contributed by atoms with Crippen LogP contribution in [-0.2, 0) is 14.8 Å². The molecule has 28 heavy (non-hydrogen) atoms. The molecule has 1 N–H and O–H groups in total. The summed E-state index contributed by atoms with van der Waals surface area (Å²) in [6, 6.07) is 23.9. The van der Waals surface area contributed by atoms with Gasteiger partial charge in [-0.2, -0.15) is 0 Å². The Morgan fingerprint density at radius 1 is 0.857 bits per heavy atom. The highest BCUT2D eigenvalue weighted by atomic mass is 32.2. The number of carbonyl (C=O) groups is 1. The fourth-order valence-electron chi connectivity index (χ4n) is 2.57. The Labute approximate surface area is 164 Å². The summed E-state index contributed by atoms with van der Waals surface area (Å²) in [6.07, 6.45) is 0. The Balaban J connectivity index is 1.90. The van der Waals surface area contributed by atoms with Gasteiger partial charge in [0.1, 0.15) is 0 Å². The zero-order valence-electron chi connectivity index (χ0n) is 15.3. The van der Waals surface area contributed by atoms with E-state index in [1.807, 2.05) is 36.4 Å². The summed E-state index contributed by atoms with van der Waals surface area (Å²) in [5.41, 5.74) is 1.63. The molecule has 0 aromatic heterocycles. The first kappa shape index (κ1) is 19.6. The molecule has 6 nitrogen and oxygen atoms in total. The zero-order chi connectivity index (χ0) is 20.0. The second-order valence-electron chi connectivity index (χ2n) is 5.85. The third kappa shape index (κ3) is 4.57. The van der Waals surface area contributed by atoms with Crippen LogP contribution in [0.4, 0.5) is 11.4 Å². The first-order valence-corrected chi connectivity index (χ1v) is 10.2. The molecule has 0 aliphatic carbocycles. The minimum Gasteiger partial charge on any atom is -0.462 e. The van der Waals surface area contributed by atoms with Gasteiger partial charge in [-0.25, -0.2) is 13.2 Å².